The molecule has 0 amide bonds. The lowest BCUT2D eigenvalue weighted by Crippen LogP contribution is -2.02. The maximum atomic E-state index is 4.97. The molecular formula is C40H32N6. The molecule has 2 heterocycles. The number of aryl methyl sites for hydroxylation is 4. The molecule has 0 saturated carbocycles. The summed E-state index contributed by atoms with van der Waals surface area (Å²) in [5.74, 6) is 3.66. The average molecular weight is 597 g/mol. The van der Waals surface area contributed by atoms with Crippen molar-refractivity contribution in [3.8, 4) is 68.3 Å². The Bertz CT molecular complexity index is 1940. The van der Waals surface area contributed by atoms with Crippen LogP contribution >= 0.6 is 0 Å². The van der Waals surface area contributed by atoms with Gasteiger partial charge in [0.1, 0.15) is 0 Å². The van der Waals surface area contributed by atoms with E-state index in [1.54, 1.807) is 0 Å². The molecule has 0 aliphatic rings. The zero-order chi connectivity index (χ0) is 31.6. The average Bonchev–Trinajstić information content (AvgIpc) is 3.08. The first kappa shape index (κ1) is 28.9. The van der Waals surface area contributed by atoms with Crippen LogP contribution in [0.3, 0.4) is 0 Å². The van der Waals surface area contributed by atoms with E-state index in [1.807, 2.05) is 72.8 Å². The van der Waals surface area contributed by atoms with Crippen molar-refractivity contribution in [2.75, 3.05) is 0 Å². The minimum atomic E-state index is 0.580. The Morgan fingerprint density at radius 1 is 0.261 bits per heavy atom. The van der Waals surface area contributed by atoms with Gasteiger partial charge in [0.25, 0.3) is 0 Å². The van der Waals surface area contributed by atoms with Crippen LogP contribution in [0.25, 0.3) is 68.3 Å². The fraction of sp³-hybridized carbons (Fsp3) is 0.100. The Morgan fingerprint density at radius 2 is 0.457 bits per heavy atom. The lowest BCUT2D eigenvalue weighted by molar-refractivity contribution is 1.07. The number of hydrogen-bond donors (Lipinski definition) is 0. The molecule has 0 spiro atoms. The van der Waals surface area contributed by atoms with Gasteiger partial charge in [-0.1, -0.05) is 113 Å². The van der Waals surface area contributed by atoms with Gasteiger partial charge in [0.2, 0.25) is 0 Å². The van der Waals surface area contributed by atoms with Gasteiger partial charge in [0.15, 0.2) is 34.9 Å². The van der Waals surface area contributed by atoms with Crippen LogP contribution in [0.4, 0.5) is 0 Å². The van der Waals surface area contributed by atoms with Crippen molar-refractivity contribution in [3.05, 3.63) is 144 Å². The van der Waals surface area contributed by atoms with E-state index in [1.165, 1.54) is 0 Å². The van der Waals surface area contributed by atoms with Gasteiger partial charge in [-0.2, -0.15) is 0 Å². The Hall–Kier alpha value is -5.88. The van der Waals surface area contributed by atoms with Gasteiger partial charge >= 0.3 is 0 Å². The van der Waals surface area contributed by atoms with Crippen molar-refractivity contribution in [3.63, 3.8) is 0 Å². The lowest BCUT2D eigenvalue weighted by atomic mass is 10.1. The Balaban J connectivity index is 1.39. The maximum Gasteiger partial charge on any atom is 0.164 e. The summed E-state index contributed by atoms with van der Waals surface area (Å²) >= 11 is 0. The molecule has 7 rings (SSSR count). The fourth-order valence-corrected chi connectivity index (χ4v) is 5.46. The Labute approximate surface area is 269 Å². The van der Waals surface area contributed by atoms with Gasteiger partial charge in [-0.3, -0.25) is 0 Å². The van der Waals surface area contributed by atoms with Crippen LogP contribution in [0, 0.1) is 27.7 Å². The molecule has 0 unspecified atom stereocenters. The summed E-state index contributed by atoms with van der Waals surface area (Å²) in [6, 6.07) is 41.0. The molecule has 0 saturated heterocycles. The summed E-state index contributed by atoms with van der Waals surface area (Å²) in [6.45, 7) is 8.28. The van der Waals surface area contributed by atoms with E-state index in [0.717, 1.165) is 55.6 Å². The van der Waals surface area contributed by atoms with Gasteiger partial charge in [0, 0.05) is 33.4 Å². The van der Waals surface area contributed by atoms with Crippen LogP contribution in [0.2, 0.25) is 0 Å². The summed E-state index contributed by atoms with van der Waals surface area (Å²) in [7, 11) is 0. The van der Waals surface area contributed by atoms with Crippen LogP contribution in [-0.4, -0.2) is 29.9 Å². The van der Waals surface area contributed by atoms with Gasteiger partial charge in [-0.05, 0) is 58.0 Å². The molecule has 6 nitrogen and oxygen atoms in total. The highest BCUT2D eigenvalue weighted by molar-refractivity contribution is 5.72. The minimum Gasteiger partial charge on any atom is -0.208 e. The lowest BCUT2D eigenvalue weighted by Gasteiger charge is -2.11. The van der Waals surface area contributed by atoms with Crippen LogP contribution in [0.15, 0.2) is 121 Å². The minimum absolute atomic E-state index is 0.580. The predicted molar refractivity (Wildman–Crippen MR) is 185 cm³/mol. The fourth-order valence-electron chi connectivity index (χ4n) is 5.46. The van der Waals surface area contributed by atoms with E-state index < -0.39 is 0 Å². The van der Waals surface area contributed by atoms with Crippen LogP contribution in [0.5, 0.6) is 0 Å². The summed E-state index contributed by atoms with van der Waals surface area (Å²) in [5.41, 5.74) is 10.0. The first-order chi connectivity index (χ1) is 22.4. The van der Waals surface area contributed by atoms with Crippen molar-refractivity contribution in [1.82, 2.24) is 29.9 Å². The highest BCUT2D eigenvalue weighted by Gasteiger charge is 2.16. The van der Waals surface area contributed by atoms with Crippen molar-refractivity contribution in [2.24, 2.45) is 0 Å². The summed E-state index contributed by atoms with van der Waals surface area (Å²) in [4.78, 5) is 29.7. The molecule has 0 aliphatic heterocycles. The van der Waals surface area contributed by atoms with Gasteiger partial charge in [-0.15, -0.1) is 0 Å². The topological polar surface area (TPSA) is 77.3 Å². The third-order valence-corrected chi connectivity index (χ3v) is 7.75. The highest BCUT2D eigenvalue weighted by Crippen LogP contribution is 2.30. The number of rotatable bonds is 6. The molecule has 0 radical (unpaired) electrons. The first-order valence-corrected chi connectivity index (χ1v) is 15.3. The SMILES string of the molecule is Cc1cccc(-c2nc(-c3cccc(C)c3)nc(-c3cccc(-c4nc(-c5cccc(C)c5)nc(-c5cccc(C)c5)n4)c3)n2)c1. The molecule has 0 aliphatic carbocycles. The number of hydrogen-bond acceptors (Lipinski definition) is 6. The number of nitrogens with zero attached hydrogens (tertiary/aromatic N) is 6. The normalized spacial score (nSPS) is 11.0. The second-order valence-electron chi connectivity index (χ2n) is 11.7. The van der Waals surface area contributed by atoms with Crippen molar-refractivity contribution in [1.29, 1.82) is 0 Å². The second kappa shape index (κ2) is 12.3. The van der Waals surface area contributed by atoms with Gasteiger partial charge in [0.05, 0.1) is 0 Å². The van der Waals surface area contributed by atoms with Crippen molar-refractivity contribution in [2.45, 2.75) is 27.7 Å². The van der Waals surface area contributed by atoms with E-state index in [9.17, 15) is 0 Å². The molecule has 6 heteroatoms. The largest absolute Gasteiger partial charge is 0.208 e. The monoisotopic (exact) mass is 596 g/mol. The molecule has 222 valence electrons. The third kappa shape index (κ3) is 6.19. The highest BCUT2D eigenvalue weighted by atomic mass is 15.0. The second-order valence-corrected chi connectivity index (χ2v) is 11.7. The van der Waals surface area contributed by atoms with E-state index in [4.69, 9.17) is 29.9 Å². The summed E-state index contributed by atoms with van der Waals surface area (Å²) in [6.07, 6.45) is 0. The van der Waals surface area contributed by atoms with E-state index in [0.29, 0.717) is 34.9 Å². The smallest absolute Gasteiger partial charge is 0.164 e. The summed E-state index contributed by atoms with van der Waals surface area (Å²) in [5, 5.41) is 0. The van der Waals surface area contributed by atoms with E-state index >= 15 is 0 Å². The predicted octanol–water partition coefficient (Wildman–Crippen LogP) is 9.29. The van der Waals surface area contributed by atoms with Crippen molar-refractivity contribution >= 4 is 0 Å². The standard InChI is InChI=1S/C40H32N6/c1-25-10-5-14-29(20-25)35-41-36(30-15-6-11-26(2)21-30)44-39(43-35)33-18-9-19-34(24-33)40-45-37(31-16-7-12-27(3)22-31)42-38(46-40)32-17-8-13-28(4)23-32/h5-24H,1-4H3. The van der Waals surface area contributed by atoms with E-state index in [2.05, 4.69) is 76.2 Å². The van der Waals surface area contributed by atoms with Crippen LogP contribution in [0.1, 0.15) is 22.3 Å². The molecule has 0 atom stereocenters. The molecule has 0 fully saturated rings. The van der Waals surface area contributed by atoms with Crippen LogP contribution in [-0.2, 0) is 0 Å². The zero-order valence-corrected chi connectivity index (χ0v) is 26.2. The molecule has 0 N–H and O–H groups in total. The van der Waals surface area contributed by atoms with Crippen LogP contribution < -0.4 is 0 Å². The number of benzene rings is 5. The summed E-state index contributed by atoms with van der Waals surface area (Å²) < 4.78 is 0. The Morgan fingerprint density at radius 3 is 0.674 bits per heavy atom. The third-order valence-electron chi connectivity index (χ3n) is 7.75. The molecule has 0 bridgehead atoms. The molecule has 7 aromatic rings. The maximum absolute atomic E-state index is 4.97. The van der Waals surface area contributed by atoms with Gasteiger partial charge in [-0.25, -0.2) is 29.9 Å². The zero-order valence-electron chi connectivity index (χ0n) is 26.2. The van der Waals surface area contributed by atoms with E-state index in [-0.39, 0.29) is 0 Å². The molecule has 2 aromatic heterocycles. The molecule has 46 heavy (non-hydrogen) atoms. The molecular weight excluding hydrogens is 564 g/mol. The van der Waals surface area contributed by atoms with Gasteiger partial charge < -0.3 is 0 Å². The number of aromatic nitrogens is 6. The molecule has 5 aromatic carbocycles. The Kier molecular flexibility index (Phi) is 7.69. The van der Waals surface area contributed by atoms with Crippen molar-refractivity contribution < 1.29 is 0 Å². The first-order valence-electron chi connectivity index (χ1n) is 15.3. The quantitative estimate of drug-likeness (QED) is 0.190.